The van der Waals surface area contributed by atoms with E-state index in [0.717, 1.165) is 17.3 Å². The molecule has 0 aromatic heterocycles. The summed E-state index contributed by atoms with van der Waals surface area (Å²) in [4.78, 5) is 22.0. The molecule has 0 aliphatic heterocycles. The molecule has 1 atom stereocenters. The maximum Gasteiger partial charge on any atom is 0.317 e. The summed E-state index contributed by atoms with van der Waals surface area (Å²) in [7, 11) is 0. The van der Waals surface area contributed by atoms with Crippen molar-refractivity contribution in [3.05, 3.63) is 33.9 Å². The Kier molecular flexibility index (Phi) is 4.72. The third-order valence-electron chi connectivity index (χ3n) is 2.41. The molecule has 0 aliphatic carbocycles. The first kappa shape index (κ1) is 14.5. The van der Waals surface area contributed by atoms with E-state index in [9.17, 15) is 14.9 Å². The Labute approximate surface area is 109 Å². The summed E-state index contributed by atoms with van der Waals surface area (Å²) in [5.41, 5.74) is 0.745. The summed E-state index contributed by atoms with van der Waals surface area (Å²) in [6, 6.07) is 4.81. The Hall–Kier alpha value is -1.56. The minimum absolute atomic E-state index is 0.0353. The van der Waals surface area contributed by atoms with Gasteiger partial charge in [0.05, 0.1) is 9.82 Å². The maximum absolute atomic E-state index is 11.1. The van der Waals surface area contributed by atoms with Crippen molar-refractivity contribution in [3.63, 3.8) is 0 Å². The lowest BCUT2D eigenvalue weighted by atomic mass is 10.1. The second-order valence-electron chi connectivity index (χ2n) is 4.35. The number of carboxylic acid groups (broad SMARTS) is 1. The third kappa shape index (κ3) is 3.46. The van der Waals surface area contributed by atoms with Crippen LogP contribution in [-0.4, -0.2) is 21.2 Å². The highest BCUT2D eigenvalue weighted by atomic mass is 32.2. The van der Waals surface area contributed by atoms with Gasteiger partial charge < -0.3 is 5.11 Å². The van der Waals surface area contributed by atoms with Gasteiger partial charge in [0.25, 0.3) is 5.69 Å². The monoisotopic (exact) mass is 269 g/mol. The topological polar surface area (TPSA) is 80.4 Å². The number of nitrogens with zero attached hydrogens (tertiary/aromatic N) is 1. The Morgan fingerprint density at radius 2 is 2.06 bits per heavy atom. The number of rotatable bonds is 5. The van der Waals surface area contributed by atoms with Crippen molar-refractivity contribution in [2.24, 2.45) is 5.92 Å². The normalized spacial score (nSPS) is 12.4. The Balaban J connectivity index is 3.10. The molecule has 1 rings (SSSR count). The fourth-order valence-corrected chi connectivity index (χ4v) is 2.53. The second-order valence-corrected chi connectivity index (χ2v) is 5.53. The van der Waals surface area contributed by atoms with Gasteiger partial charge >= 0.3 is 5.97 Å². The summed E-state index contributed by atoms with van der Waals surface area (Å²) in [6.07, 6.45) is 0. The van der Waals surface area contributed by atoms with E-state index in [-0.39, 0.29) is 11.6 Å². The molecule has 0 aliphatic rings. The molecule has 6 heteroatoms. The van der Waals surface area contributed by atoms with Crippen LogP contribution in [0.2, 0.25) is 0 Å². The summed E-state index contributed by atoms with van der Waals surface area (Å²) in [5, 5.41) is 19.3. The molecule has 0 saturated heterocycles. The van der Waals surface area contributed by atoms with Crippen LogP contribution in [-0.2, 0) is 4.79 Å². The number of hydrogen-bond donors (Lipinski definition) is 1. The first-order valence-electron chi connectivity index (χ1n) is 5.47. The SMILES string of the molecule is Cc1ccc(SC(C(=O)O)C(C)C)c([N+](=O)[O-])c1. The van der Waals surface area contributed by atoms with Crippen molar-refractivity contribution in [1.82, 2.24) is 0 Å². The lowest BCUT2D eigenvalue weighted by Crippen LogP contribution is -2.22. The molecular formula is C12H15NO4S. The van der Waals surface area contributed by atoms with E-state index < -0.39 is 16.1 Å². The zero-order valence-corrected chi connectivity index (χ0v) is 11.2. The molecule has 0 fully saturated rings. The zero-order chi connectivity index (χ0) is 13.9. The van der Waals surface area contributed by atoms with Crippen LogP contribution in [0.25, 0.3) is 0 Å². The minimum Gasteiger partial charge on any atom is -0.480 e. The lowest BCUT2D eigenvalue weighted by molar-refractivity contribution is -0.387. The van der Waals surface area contributed by atoms with Gasteiger partial charge in [0.2, 0.25) is 0 Å². The third-order valence-corrected chi connectivity index (χ3v) is 4.01. The second kappa shape index (κ2) is 5.86. The van der Waals surface area contributed by atoms with Crippen LogP contribution in [0.15, 0.2) is 23.1 Å². The standard InChI is InChI=1S/C12H15NO4S/c1-7(2)11(12(14)15)18-10-5-4-8(3)6-9(10)13(16)17/h4-7,11H,1-3H3,(H,14,15). The van der Waals surface area contributed by atoms with E-state index in [4.69, 9.17) is 5.11 Å². The highest BCUT2D eigenvalue weighted by Gasteiger charge is 2.26. The number of carbonyl (C=O) groups is 1. The number of nitro groups is 1. The van der Waals surface area contributed by atoms with E-state index in [1.54, 1.807) is 32.9 Å². The maximum atomic E-state index is 11.1. The van der Waals surface area contributed by atoms with Crippen molar-refractivity contribution >= 4 is 23.4 Å². The average Bonchev–Trinajstić information content (AvgIpc) is 2.25. The van der Waals surface area contributed by atoms with Gasteiger partial charge in [0.1, 0.15) is 5.25 Å². The molecule has 0 heterocycles. The first-order chi connectivity index (χ1) is 8.32. The van der Waals surface area contributed by atoms with Gasteiger partial charge in [-0.05, 0) is 24.5 Å². The summed E-state index contributed by atoms with van der Waals surface area (Å²) in [6.45, 7) is 5.33. The lowest BCUT2D eigenvalue weighted by Gasteiger charge is -2.15. The van der Waals surface area contributed by atoms with Crippen LogP contribution in [0.5, 0.6) is 0 Å². The fraction of sp³-hybridized carbons (Fsp3) is 0.417. The van der Waals surface area contributed by atoms with E-state index in [1.165, 1.54) is 6.07 Å². The number of benzene rings is 1. The molecular weight excluding hydrogens is 254 g/mol. The van der Waals surface area contributed by atoms with E-state index in [0.29, 0.717) is 4.90 Å². The van der Waals surface area contributed by atoms with Crippen LogP contribution in [0.1, 0.15) is 19.4 Å². The number of nitro benzene ring substituents is 1. The van der Waals surface area contributed by atoms with Crippen molar-refractivity contribution in [2.75, 3.05) is 0 Å². The van der Waals surface area contributed by atoms with Crippen molar-refractivity contribution in [2.45, 2.75) is 30.9 Å². The zero-order valence-electron chi connectivity index (χ0n) is 10.4. The largest absolute Gasteiger partial charge is 0.480 e. The number of thioether (sulfide) groups is 1. The highest BCUT2D eigenvalue weighted by Crippen LogP contribution is 2.35. The average molecular weight is 269 g/mol. The van der Waals surface area contributed by atoms with Crippen LogP contribution >= 0.6 is 11.8 Å². The summed E-state index contributed by atoms with van der Waals surface area (Å²) in [5.74, 6) is -1.06. The molecule has 0 spiro atoms. The molecule has 98 valence electrons. The van der Waals surface area contributed by atoms with E-state index in [2.05, 4.69) is 0 Å². The van der Waals surface area contributed by atoms with E-state index >= 15 is 0 Å². The van der Waals surface area contributed by atoms with Crippen molar-refractivity contribution in [1.29, 1.82) is 0 Å². The number of aliphatic carboxylic acids is 1. The molecule has 18 heavy (non-hydrogen) atoms. The summed E-state index contributed by atoms with van der Waals surface area (Å²) < 4.78 is 0. The van der Waals surface area contributed by atoms with Gasteiger partial charge in [-0.1, -0.05) is 19.9 Å². The first-order valence-corrected chi connectivity index (χ1v) is 6.35. The Morgan fingerprint density at radius 1 is 1.44 bits per heavy atom. The highest BCUT2D eigenvalue weighted by molar-refractivity contribution is 8.00. The predicted octanol–water partition coefficient (Wildman–Crippen LogP) is 3.10. The molecule has 5 nitrogen and oxygen atoms in total. The van der Waals surface area contributed by atoms with Crippen molar-refractivity contribution in [3.8, 4) is 0 Å². The number of carboxylic acids is 1. The van der Waals surface area contributed by atoms with Crippen LogP contribution < -0.4 is 0 Å². The van der Waals surface area contributed by atoms with Gasteiger partial charge in [0.15, 0.2) is 0 Å². The summed E-state index contributed by atoms with van der Waals surface area (Å²) >= 11 is 1.03. The molecule has 1 aromatic carbocycles. The molecule has 0 saturated carbocycles. The smallest absolute Gasteiger partial charge is 0.317 e. The minimum atomic E-state index is -0.954. The van der Waals surface area contributed by atoms with E-state index in [1.807, 2.05) is 0 Å². The predicted molar refractivity (Wildman–Crippen MR) is 70.0 cm³/mol. The van der Waals surface area contributed by atoms with Crippen LogP contribution in [0.4, 0.5) is 5.69 Å². The van der Waals surface area contributed by atoms with Crippen LogP contribution in [0.3, 0.4) is 0 Å². The number of hydrogen-bond acceptors (Lipinski definition) is 4. The molecule has 0 amide bonds. The molecule has 1 aromatic rings. The molecule has 1 unspecified atom stereocenters. The van der Waals surface area contributed by atoms with Gasteiger partial charge in [-0.25, -0.2) is 0 Å². The fourth-order valence-electron chi connectivity index (χ4n) is 1.48. The van der Waals surface area contributed by atoms with Gasteiger partial charge in [-0.2, -0.15) is 0 Å². The van der Waals surface area contributed by atoms with Gasteiger partial charge in [-0.15, -0.1) is 11.8 Å². The Morgan fingerprint density at radius 3 is 2.50 bits per heavy atom. The van der Waals surface area contributed by atoms with Crippen molar-refractivity contribution < 1.29 is 14.8 Å². The van der Waals surface area contributed by atoms with Crippen LogP contribution in [0, 0.1) is 23.0 Å². The Bertz CT molecular complexity index is 473. The van der Waals surface area contributed by atoms with Gasteiger partial charge in [-0.3, -0.25) is 14.9 Å². The molecule has 1 N–H and O–H groups in total. The number of aryl methyl sites for hydroxylation is 1. The molecule has 0 radical (unpaired) electrons. The molecule has 0 bridgehead atoms. The quantitative estimate of drug-likeness (QED) is 0.504. The van der Waals surface area contributed by atoms with Gasteiger partial charge in [0, 0.05) is 6.07 Å².